The van der Waals surface area contributed by atoms with Crippen LogP contribution in [0.25, 0.3) is 11.1 Å². The first-order chi connectivity index (χ1) is 8.84. The van der Waals surface area contributed by atoms with Crippen molar-refractivity contribution in [1.29, 1.82) is 0 Å². The zero-order valence-electron chi connectivity index (χ0n) is 10.7. The maximum Gasteiger partial charge on any atom is 0.0568 e. The third-order valence-electron chi connectivity index (χ3n) is 3.70. The van der Waals surface area contributed by atoms with E-state index >= 15 is 0 Å². The third kappa shape index (κ3) is 2.18. The number of hydrogen-bond acceptors (Lipinski definition) is 2. The summed E-state index contributed by atoms with van der Waals surface area (Å²) in [5, 5.41) is 10.9. The highest BCUT2D eigenvalue weighted by Crippen LogP contribution is 2.31. The van der Waals surface area contributed by atoms with Crippen LogP contribution in [0, 0.1) is 6.92 Å². The molecule has 18 heavy (non-hydrogen) atoms. The highest BCUT2D eigenvalue weighted by Gasteiger charge is 2.20. The quantitative estimate of drug-likeness (QED) is 0.848. The lowest BCUT2D eigenvalue weighted by Gasteiger charge is -2.22. The summed E-state index contributed by atoms with van der Waals surface area (Å²) in [7, 11) is 0. The van der Waals surface area contributed by atoms with Crippen LogP contribution in [0.15, 0.2) is 30.5 Å². The maximum atomic E-state index is 4.25. The number of aryl methyl sites for hydroxylation is 1. The molecule has 1 aliphatic rings. The first kappa shape index (κ1) is 11.5. The van der Waals surface area contributed by atoms with Gasteiger partial charge in [-0.05, 0) is 31.9 Å². The van der Waals surface area contributed by atoms with Crippen LogP contribution >= 0.6 is 0 Å². The minimum atomic E-state index is 0.566. The van der Waals surface area contributed by atoms with Gasteiger partial charge in [-0.3, -0.25) is 5.10 Å². The summed E-state index contributed by atoms with van der Waals surface area (Å²) in [5.74, 6) is 0.566. The molecule has 1 aromatic heterocycles. The van der Waals surface area contributed by atoms with Crippen LogP contribution in [-0.2, 0) is 0 Å². The van der Waals surface area contributed by atoms with Gasteiger partial charge in [-0.15, -0.1) is 0 Å². The lowest BCUT2D eigenvalue weighted by atomic mass is 9.91. The molecular weight excluding hydrogens is 222 g/mol. The van der Waals surface area contributed by atoms with E-state index in [1.54, 1.807) is 0 Å². The fourth-order valence-corrected chi connectivity index (χ4v) is 2.75. The van der Waals surface area contributed by atoms with E-state index in [2.05, 4.69) is 46.7 Å². The van der Waals surface area contributed by atoms with Crippen molar-refractivity contribution >= 4 is 0 Å². The van der Waals surface area contributed by atoms with Gasteiger partial charge < -0.3 is 5.32 Å². The molecule has 1 saturated heterocycles. The Labute approximate surface area is 108 Å². The number of H-pyrrole nitrogens is 1. The summed E-state index contributed by atoms with van der Waals surface area (Å²) >= 11 is 0. The zero-order chi connectivity index (χ0) is 12.4. The van der Waals surface area contributed by atoms with Crippen LogP contribution in [-0.4, -0.2) is 23.3 Å². The van der Waals surface area contributed by atoms with Crippen molar-refractivity contribution in [3.8, 4) is 11.1 Å². The highest BCUT2D eigenvalue weighted by molar-refractivity contribution is 5.66. The Bertz CT molecular complexity index is 524. The van der Waals surface area contributed by atoms with Crippen LogP contribution in [0.3, 0.4) is 0 Å². The number of nitrogens with one attached hydrogen (secondary N) is 2. The molecule has 3 heteroatoms. The van der Waals surface area contributed by atoms with Gasteiger partial charge in [-0.2, -0.15) is 5.10 Å². The van der Waals surface area contributed by atoms with E-state index in [-0.39, 0.29) is 0 Å². The first-order valence-electron chi connectivity index (χ1n) is 6.65. The van der Waals surface area contributed by atoms with Crippen LogP contribution in [0.2, 0.25) is 0 Å². The molecule has 1 aliphatic heterocycles. The predicted molar refractivity (Wildman–Crippen MR) is 73.6 cm³/mol. The minimum Gasteiger partial charge on any atom is -0.316 e. The molecule has 0 radical (unpaired) electrons. The van der Waals surface area contributed by atoms with Gasteiger partial charge in [0, 0.05) is 23.7 Å². The number of nitrogens with zero attached hydrogens (tertiary/aromatic N) is 1. The number of piperidine rings is 1. The molecule has 3 nitrogen and oxygen atoms in total. The Morgan fingerprint density at radius 1 is 1.33 bits per heavy atom. The Hall–Kier alpha value is -1.61. The van der Waals surface area contributed by atoms with E-state index < -0.39 is 0 Å². The lowest BCUT2D eigenvalue weighted by molar-refractivity contribution is 0.455. The molecule has 0 spiro atoms. The van der Waals surface area contributed by atoms with Gasteiger partial charge in [0.05, 0.1) is 6.20 Å². The van der Waals surface area contributed by atoms with Crippen LogP contribution in [0.4, 0.5) is 0 Å². The summed E-state index contributed by atoms with van der Waals surface area (Å²) in [4.78, 5) is 0. The molecule has 1 fully saturated rings. The first-order valence-corrected chi connectivity index (χ1v) is 6.65. The normalized spacial score (nSPS) is 19.9. The van der Waals surface area contributed by atoms with E-state index in [1.807, 2.05) is 6.20 Å². The van der Waals surface area contributed by atoms with Gasteiger partial charge in [0.1, 0.15) is 0 Å². The summed E-state index contributed by atoms with van der Waals surface area (Å²) in [6, 6.07) is 8.63. The van der Waals surface area contributed by atoms with Crippen molar-refractivity contribution < 1.29 is 0 Å². The Morgan fingerprint density at radius 3 is 3.06 bits per heavy atom. The molecule has 2 N–H and O–H groups in total. The van der Waals surface area contributed by atoms with Crippen LogP contribution < -0.4 is 5.32 Å². The van der Waals surface area contributed by atoms with Crippen molar-refractivity contribution in [2.24, 2.45) is 0 Å². The number of benzene rings is 1. The van der Waals surface area contributed by atoms with Crippen molar-refractivity contribution in [2.75, 3.05) is 13.1 Å². The standard InChI is InChI=1S/C15H19N3/c1-11-4-2-5-12(8-11)14-10-17-18-15(14)13-6-3-7-16-9-13/h2,4-5,8,10,13,16H,3,6-7,9H2,1H3,(H,17,18)/t13-/m0/s1. The minimum absolute atomic E-state index is 0.566. The second kappa shape index (κ2) is 4.94. The highest BCUT2D eigenvalue weighted by atomic mass is 15.1. The van der Waals surface area contributed by atoms with Crippen molar-refractivity contribution in [3.63, 3.8) is 0 Å². The summed E-state index contributed by atoms with van der Waals surface area (Å²) in [5.41, 5.74) is 5.10. The van der Waals surface area contributed by atoms with Gasteiger partial charge in [-0.25, -0.2) is 0 Å². The second-order valence-electron chi connectivity index (χ2n) is 5.11. The number of rotatable bonds is 2. The lowest BCUT2D eigenvalue weighted by Crippen LogP contribution is -2.28. The van der Waals surface area contributed by atoms with E-state index in [1.165, 1.54) is 35.2 Å². The Balaban J connectivity index is 1.95. The Kier molecular flexibility index (Phi) is 3.15. The van der Waals surface area contributed by atoms with Gasteiger partial charge in [0.2, 0.25) is 0 Å². The van der Waals surface area contributed by atoms with Crippen LogP contribution in [0.1, 0.15) is 30.0 Å². The van der Waals surface area contributed by atoms with E-state index in [0.717, 1.165) is 13.1 Å². The molecule has 2 heterocycles. The average molecular weight is 241 g/mol. The Morgan fingerprint density at radius 2 is 2.28 bits per heavy atom. The van der Waals surface area contributed by atoms with Gasteiger partial charge in [0.15, 0.2) is 0 Å². The molecule has 1 atom stereocenters. The molecule has 2 aromatic rings. The van der Waals surface area contributed by atoms with Gasteiger partial charge in [0.25, 0.3) is 0 Å². The third-order valence-corrected chi connectivity index (χ3v) is 3.70. The number of aromatic nitrogens is 2. The molecule has 0 bridgehead atoms. The van der Waals surface area contributed by atoms with Crippen molar-refractivity contribution in [1.82, 2.24) is 15.5 Å². The van der Waals surface area contributed by atoms with Gasteiger partial charge in [-0.1, -0.05) is 29.8 Å². The zero-order valence-corrected chi connectivity index (χ0v) is 10.7. The summed E-state index contributed by atoms with van der Waals surface area (Å²) in [6.07, 6.45) is 4.45. The van der Waals surface area contributed by atoms with Crippen LogP contribution in [0.5, 0.6) is 0 Å². The molecular formula is C15H19N3. The summed E-state index contributed by atoms with van der Waals surface area (Å²) < 4.78 is 0. The number of hydrogen-bond donors (Lipinski definition) is 2. The molecule has 0 amide bonds. The fraction of sp³-hybridized carbons (Fsp3) is 0.400. The molecule has 0 saturated carbocycles. The monoisotopic (exact) mass is 241 g/mol. The topological polar surface area (TPSA) is 40.7 Å². The van der Waals surface area contributed by atoms with E-state index in [4.69, 9.17) is 0 Å². The van der Waals surface area contributed by atoms with Crippen molar-refractivity contribution in [3.05, 3.63) is 41.7 Å². The summed E-state index contributed by atoms with van der Waals surface area (Å²) in [6.45, 7) is 4.33. The average Bonchev–Trinajstić information content (AvgIpc) is 2.89. The van der Waals surface area contributed by atoms with Gasteiger partial charge >= 0.3 is 0 Å². The van der Waals surface area contributed by atoms with E-state index in [9.17, 15) is 0 Å². The molecule has 1 aromatic carbocycles. The SMILES string of the molecule is Cc1cccc(-c2cn[nH]c2[C@H]2CCCNC2)c1. The molecule has 0 unspecified atom stereocenters. The van der Waals surface area contributed by atoms with Crippen molar-refractivity contribution in [2.45, 2.75) is 25.7 Å². The largest absolute Gasteiger partial charge is 0.316 e. The number of aromatic amines is 1. The predicted octanol–water partition coefficient (Wildman–Crippen LogP) is 2.85. The van der Waals surface area contributed by atoms with E-state index in [0.29, 0.717) is 5.92 Å². The molecule has 0 aliphatic carbocycles. The second-order valence-corrected chi connectivity index (χ2v) is 5.11. The maximum absolute atomic E-state index is 4.25. The molecule has 94 valence electrons. The smallest absolute Gasteiger partial charge is 0.0568 e. The fourth-order valence-electron chi connectivity index (χ4n) is 2.75. The molecule has 3 rings (SSSR count).